The molecule has 0 bridgehead atoms. The summed E-state index contributed by atoms with van der Waals surface area (Å²) in [5.74, 6) is -0.308. The van der Waals surface area contributed by atoms with Crippen LogP contribution in [0.2, 0.25) is 0 Å². The summed E-state index contributed by atoms with van der Waals surface area (Å²) in [5.41, 5.74) is 1.24. The molecule has 0 aliphatic rings. The molecule has 0 heterocycles. The fourth-order valence-corrected chi connectivity index (χ4v) is 1.68. The van der Waals surface area contributed by atoms with Gasteiger partial charge in [0.05, 0.1) is 19.8 Å². The highest BCUT2D eigenvalue weighted by molar-refractivity contribution is 5.95. The minimum absolute atomic E-state index is 0.132. The molecule has 3 N–H and O–H groups in total. The van der Waals surface area contributed by atoms with E-state index in [1.54, 1.807) is 38.5 Å². The molecule has 0 atom stereocenters. The summed E-state index contributed by atoms with van der Waals surface area (Å²) < 4.78 is 9.73. The number of carbonyl (C=O) groups excluding carboxylic acids is 2. The lowest BCUT2D eigenvalue weighted by Gasteiger charge is -2.09. The van der Waals surface area contributed by atoms with Gasteiger partial charge >= 0.3 is 0 Å². The molecule has 0 saturated carbocycles. The van der Waals surface area contributed by atoms with Crippen LogP contribution in [0.25, 0.3) is 0 Å². The zero-order valence-electron chi connectivity index (χ0n) is 13.0. The lowest BCUT2D eigenvalue weighted by Crippen LogP contribution is -2.32. The molecule has 2 amide bonds. The molecule has 0 aliphatic carbocycles. The van der Waals surface area contributed by atoms with Gasteiger partial charge in [0.1, 0.15) is 0 Å². The fourth-order valence-electron chi connectivity index (χ4n) is 1.68. The quantitative estimate of drug-likeness (QED) is 0.539. The van der Waals surface area contributed by atoms with Crippen molar-refractivity contribution >= 4 is 17.5 Å². The molecule has 0 saturated heterocycles. The van der Waals surface area contributed by atoms with Crippen molar-refractivity contribution in [2.45, 2.75) is 0 Å². The molecule has 7 heteroatoms. The summed E-state index contributed by atoms with van der Waals surface area (Å²) in [7, 11) is 3.15. The zero-order valence-corrected chi connectivity index (χ0v) is 13.0. The van der Waals surface area contributed by atoms with Gasteiger partial charge in [-0.1, -0.05) is 6.07 Å². The van der Waals surface area contributed by atoms with Gasteiger partial charge in [0.25, 0.3) is 5.91 Å². The third kappa shape index (κ3) is 7.05. The molecular weight excluding hydrogens is 286 g/mol. The van der Waals surface area contributed by atoms with Crippen LogP contribution in [-0.2, 0) is 14.3 Å². The van der Waals surface area contributed by atoms with Crippen LogP contribution in [0.5, 0.6) is 0 Å². The number of methoxy groups -OCH3 is 2. The van der Waals surface area contributed by atoms with E-state index in [1.165, 1.54) is 0 Å². The largest absolute Gasteiger partial charge is 0.383 e. The van der Waals surface area contributed by atoms with Crippen molar-refractivity contribution in [1.29, 1.82) is 0 Å². The first-order chi connectivity index (χ1) is 10.7. The van der Waals surface area contributed by atoms with Crippen molar-refractivity contribution < 1.29 is 19.1 Å². The van der Waals surface area contributed by atoms with Crippen molar-refractivity contribution in [3.05, 3.63) is 29.8 Å². The summed E-state index contributed by atoms with van der Waals surface area (Å²) in [6.45, 7) is 2.00. The zero-order chi connectivity index (χ0) is 16.2. The summed E-state index contributed by atoms with van der Waals surface area (Å²) in [5, 5.41) is 8.42. The van der Waals surface area contributed by atoms with E-state index < -0.39 is 0 Å². The minimum atomic E-state index is -0.176. The van der Waals surface area contributed by atoms with Crippen LogP contribution in [0.3, 0.4) is 0 Å². The smallest absolute Gasteiger partial charge is 0.251 e. The van der Waals surface area contributed by atoms with E-state index in [1.807, 2.05) is 0 Å². The fraction of sp³-hybridized carbons (Fsp3) is 0.467. The molecule has 22 heavy (non-hydrogen) atoms. The van der Waals surface area contributed by atoms with Crippen molar-refractivity contribution in [2.75, 3.05) is 52.4 Å². The molecule has 0 unspecified atom stereocenters. The Bertz CT molecular complexity index is 480. The minimum Gasteiger partial charge on any atom is -0.383 e. The number of hydrogen-bond donors (Lipinski definition) is 3. The van der Waals surface area contributed by atoms with Crippen LogP contribution in [0.4, 0.5) is 5.69 Å². The van der Waals surface area contributed by atoms with E-state index in [0.717, 1.165) is 0 Å². The van der Waals surface area contributed by atoms with E-state index in [2.05, 4.69) is 16.0 Å². The van der Waals surface area contributed by atoms with Crippen LogP contribution >= 0.6 is 0 Å². The maximum absolute atomic E-state index is 11.9. The highest BCUT2D eigenvalue weighted by Gasteiger charge is 2.06. The van der Waals surface area contributed by atoms with Crippen LogP contribution in [0.15, 0.2) is 24.3 Å². The van der Waals surface area contributed by atoms with Crippen LogP contribution in [-0.4, -0.2) is 58.9 Å². The van der Waals surface area contributed by atoms with Gasteiger partial charge in [0.15, 0.2) is 0 Å². The third-order valence-corrected chi connectivity index (χ3v) is 2.80. The average molecular weight is 309 g/mol. The number of ether oxygens (including phenoxy) is 2. The van der Waals surface area contributed by atoms with Crippen molar-refractivity contribution in [2.24, 2.45) is 0 Å². The Morgan fingerprint density at radius 3 is 2.41 bits per heavy atom. The molecule has 0 aromatic heterocycles. The van der Waals surface area contributed by atoms with Gasteiger partial charge in [-0.3, -0.25) is 9.59 Å². The molecule has 0 spiro atoms. The van der Waals surface area contributed by atoms with Crippen molar-refractivity contribution in [3.63, 3.8) is 0 Å². The molecule has 1 rings (SSSR count). The van der Waals surface area contributed by atoms with E-state index in [9.17, 15) is 9.59 Å². The Balaban J connectivity index is 2.43. The molecule has 1 aromatic carbocycles. The number of benzene rings is 1. The first-order valence-corrected chi connectivity index (χ1v) is 7.04. The van der Waals surface area contributed by atoms with Crippen LogP contribution < -0.4 is 16.0 Å². The Kier molecular flexibility index (Phi) is 8.63. The highest BCUT2D eigenvalue weighted by atomic mass is 16.5. The maximum atomic E-state index is 11.9. The second-order valence-electron chi connectivity index (χ2n) is 4.53. The normalized spacial score (nSPS) is 10.1. The van der Waals surface area contributed by atoms with E-state index in [4.69, 9.17) is 9.47 Å². The molecule has 1 aromatic rings. The molecule has 7 nitrogen and oxygen atoms in total. The number of rotatable bonds is 10. The summed E-state index contributed by atoms with van der Waals surface area (Å²) in [4.78, 5) is 23.5. The number of amides is 2. The van der Waals surface area contributed by atoms with Crippen LogP contribution in [0, 0.1) is 0 Å². The highest BCUT2D eigenvalue weighted by Crippen LogP contribution is 2.10. The van der Waals surface area contributed by atoms with Gasteiger partial charge in [0.2, 0.25) is 5.91 Å². The van der Waals surface area contributed by atoms with E-state index in [0.29, 0.717) is 37.6 Å². The predicted octanol–water partition coefficient (Wildman–Crippen LogP) is 0.237. The van der Waals surface area contributed by atoms with E-state index in [-0.39, 0.29) is 18.4 Å². The molecule has 122 valence electrons. The standard InChI is InChI=1S/C15H23N3O4/c1-21-8-6-16-14(19)11-18-13-5-3-4-12(10-13)15(20)17-7-9-22-2/h3-5,10,18H,6-9,11H2,1-2H3,(H,16,19)(H,17,20). The molecule has 0 radical (unpaired) electrons. The molecular formula is C15H23N3O4. The SMILES string of the molecule is COCCNC(=O)CNc1cccc(C(=O)NCCOC)c1. The second kappa shape index (κ2) is 10.6. The molecule has 0 aliphatic heterocycles. The Morgan fingerprint density at radius 2 is 1.73 bits per heavy atom. The number of nitrogens with one attached hydrogen (secondary N) is 3. The first kappa shape index (κ1) is 17.9. The summed E-state index contributed by atoms with van der Waals surface area (Å²) in [6, 6.07) is 6.97. The van der Waals surface area contributed by atoms with Gasteiger partial charge in [-0.25, -0.2) is 0 Å². The lowest BCUT2D eigenvalue weighted by molar-refractivity contribution is -0.119. The van der Waals surface area contributed by atoms with Gasteiger partial charge in [-0.15, -0.1) is 0 Å². The third-order valence-electron chi connectivity index (χ3n) is 2.80. The van der Waals surface area contributed by atoms with E-state index >= 15 is 0 Å². The van der Waals surface area contributed by atoms with Crippen LogP contribution in [0.1, 0.15) is 10.4 Å². The second-order valence-corrected chi connectivity index (χ2v) is 4.53. The Morgan fingerprint density at radius 1 is 1.05 bits per heavy atom. The molecule has 0 fully saturated rings. The average Bonchev–Trinajstić information content (AvgIpc) is 2.53. The first-order valence-electron chi connectivity index (χ1n) is 7.04. The Labute approximate surface area is 130 Å². The number of anilines is 1. The number of carbonyl (C=O) groups is 2. The predicted molar refractivity (Wildman–Crippen MR) is 84.0 cm³/mol. The van der Waals surface area contributed by atoms with Crippen molar-refractivity contribution in [3.8, 4) is 0 Å². The number of hydrogen-bond acceptors (Lipinski definition) is 5. The van der Waals surface area contributed by atoms with Crippen molar-refractivity contribution in [1.82, 2.24) is 10.6 Å². The Hall–Kier alpha value is -2.12. The maximum Gasteiger partial charge on any atom is 0.251 e. The topological polar surface area (TPSA) is 88.7 Å². The van der Waals surface area contributed by atoms with Gasteiger partial charge in [0, 0.05) is 38.6 Å². The monoisotopic (exact) mass is 309 g/mol. The van der Waals surface area contributed by atoms with Gasteiger partial charge in [-0.2, -0.15) is 0 Å². The van der Waals surface area contributed by atoms with Gasteiger partial charge < -0.3 is 25.4 Å². The van der Waals surface area contributed by atoms with Gasteiger partial charge in [-0.05, 0) is 18.2 Å². The summed E-state index contributed by atoms with van der Waals surface area (Å²) in [6.07, 6.45) is 0. The summed E-state index contributed by atoms with van der Waals surface area (Å²) >= 11 is 0. The lowest BCUT2D eigenvalue weighted by atomic mass is 10.2.